The molecule has 3 heterocycles. The van der Waals surface area contributed by atoms with Crippen LogP contribution in [0.5, 0.6) is 0 Å². The zero-order valence-electron chi connectivity index (χ0n) is 11.5. The molecule has 0 spiro atoms. The van der Waals surface area contributed by atoms with E-state index in [9.17, 15) is 4.79 Å². The minimum absolute atomic E-state index is 0.0444. The van der Waals surface area contributed by atoms with Gasteiger partial charge in [-0.05, 0) is 39.2 Å². The van der Waals surface area contributed by atoms with Gasteiger partial charge in [0.2, 0.25) is 0 Å². The summed E-state index contributed by atoms with van der Waals surface area (Å²) in [5.41, 5.74) is 1.38. The fourth-order valence-electron chi connectivity index (χ4n) is 3.12. The Bertz CT molecular complexity index is 482. The SMILES string of the molecule is Cc1cc(C(=O)N2CC[C@H]3CC[C@@H](C2)N3)nc(C)n1. The number of fused-ring (bicyclic) bond motifs is 2. The standard InChI is InChI=1S/C14H20N4O/c1-9-7-13(16-10(2)15-9)14(19)18-6-5-11-3-4-12(8-18)17-11/h7,11-12,17H,3-6,8H2,1-2H3/t11-,12+/m1/s1. The molecule has 5 heteroatoms. The van der Waals surface area contributed by atoms with Gasteiger partial charge in [0.15, 0.2) is 0 Å². The Balaban J connectivity index is 1.79. The first-order valence-corrected chi connectivity index (χ1v) is 6.99. The molecule has 0 saturated carbocycles. The molecular formula is C14H20N4O. The summed E-state index contributed by atoms with van der Waals surface area (Å²) in [4.78, 5) is 23.0. The maximum atomic E-state index is 12.5. The van der Waals surface area contributed by atoms with Gasteiger partial charge in [0, 0.05) is 30.9 Å². The van der Waals surface area contributed by atoms with Crippen molar-refractivity contribution in [3.8, 4) is 0 Å². The molecule has 0 aromatic carbocycles. The average Bonchev–Trinajstić information content (AvgIpc) is 2.67. The van der Waals surface area contributed by atoms with Crippen LogP contribution in [0, 0.1) is 13.8 Å². The monoisotopic (exact) mass is 260 g/mol. The van der Waals surface area contributed by atoms with Crippen molar-refractivity contribution in [2.75, 3.05) is 13.1 Å². The molecule has 0 unspecified atom stereocenters. The Morgan fingerprint density at radius 2 is 2.05 bits per heavy atom. The number of likely N-dealkylation sites (tertiary alicyclic amines) is 1. The predicted molar refractivity (Wildman–Crippen MR) is 72.0 cm³/mol. The molecule has 1 amide bonds. The number of hydrogen-bond acceptors (Lipinski definition) is 4. The third-order valence-corrected chi connectivity index (χ3v) is 4.00. The Kier molecular flexibility index (Phi) is 3.22. The first kappa shape index (κ1) is 12.5. The van der Waals surface area contributed by atoms with E-state index in [1.165, 1.54) is 12.8 Å². The number of carbonyl (C=O) groups is 1. The second-order valence-corrected chi connectivity index (χ2v) is 5.62. The zero-order valence-corrected chi connectivity index (χ0v) is 11.5. The van der Waals surface area contributed by atoms with Crippen molar-refractivity contribution in [2.45, 2.75) is 45.2 Å². The number of hydrogen-bond donors (Lipinski definition) is 1. The van der Waals surface area contributed by atoms with Crippen LogP contribution in [0.2, 0.25) is 0 Å². The molecule has 5 nitrogen and oxygen atoms in total. The summed E-state index contributed by atoms with van der Waals surface area (Å²) in [6.07, 6.45) is 3.47. The summed E-state index contributed by atoms with van der Waals surface area (Å²) in [6, 6.07) is 2.84. The van der Waals surface area contributed by atoms with Gasteiger partial charge < -0.3 is 10.2 Å². The van der Waals surface area contributed by atoms with Crippen LogP contribution in [-0.2, 0) is 0 Å². The first-order valence-electron chi connectivity index (χ1n) is 6.99. The number of carbonyl (C=O) groups excluding carboxylic acids is 1. The average molecular weight is 260 g/mol. The van der Waals surface area contributed by atoms with Gasteiger partial charge in [-0.25, -0.2) is 9.97 Å². The van der Waals surface area contributed by atoms with E-state index >= 15 is 0 Å². The molecular weight excluding hydrogens is 240 g/mol. The Morgan fingerprint density at radius 3 is 2.84 bits per heavy atom. The van der Waals surface area contributed by atoms with Crippen molar-refractivity contribution in [1.82, 2.24) is 20.2 Å². The van der Waals surface area contributed by atoms with Crippen molar-refractivity contribution >= 4 is 5.91 Å². The molecule has 0 radical (unpaired) electrons. The van der Waals surface area contributed by atoms with E-state index in [-0.39, 0.29) is 5.91 Å². The summed E-state index contributed by atoms with van der Waals surface area (Å²) in [5.74, 6) is 0.709. The predicted octanol–water partition coefficient (Wildman–Crippen LogP) is 1.06. The van der Waals surface area contributed by atoms with E-state index in [0.29, 0.717) is 23.6 Å². The lowest BCUT2D eigenvalue weighted by Gasteiger charge is -2.24. The highest BCUT2D eigenvalue weighted by molar-refractivity contribution is 5.92. The van der Waals surface area contributed by atoms with Crippen LogP contribution in [0.1, 0.15) is 41.3 Å². The van der Waals surface area contributed by atoms with Crippen molar-refractivity contribution in [1.29, 1.82) is 0 Å². The van der Waals surface area contributed by atoms with Gasteiger partial charge in [-0.15, -0.1) is 0 Å². The van der Waals surface area contributed by atoms with Gasteiger partial charge in [0.05, 0.1) is 0 Å². The smallest absolute Gasteiger partial charge is 0.272 e. The van der Waals surface area contributed by atoms with Crippen molar-refractivity contribution in [3.05, 3.63) is 23.3 Å². The highest BCUT2D eigenvalue weighted by Crippen LogP contribution is 2.21. The quantitative estimate of drug-likeness (QED) is 0.820. The third kappa shape index (κ3) is 2.61. The van der Waals surface area contributed by atoms with E-state index in [1.807, 2.05) is 18.7 Å². The van der Waals surface area contributed by atoms with Crippen molar-refractivity contribution < 1.29 is 4.79 Å². The van der Waals surface area contributed by atoms with E-state index < -0.39 is 0 Å². The van der Waals surface area contributed by atoms with Crippen LogP contribution in [0.15, 0.2) is 6.07 Å². The van der Waals surface area contributed by atoms with Gasteiger partial charge in [-0.3, -0.25) is 4.79 Å². The Morgan fingerprint density at radius 1 is 1.26 bits per heavy atom. The molecule has 2 fully saturated rings. The molecule has 2 atom stereocenters. The van der Waals surface area contributed by atoms with Gasteiger partial charge in [-0.1, -0.05) is 0 Å². The van der Waals surface area contributed by atoms with E-state index in [0.717, 1.165) is 25.2 Å². The lowest BCUT2D eigenvalue weighted by molar-refractivity contribution is 0.0741. The summed E-state index contributed by atoms with van der Waals surface area (Å²) in [7, 11) is 0. The van der Waals surface area contributed by atoms with Crippen molar-refractivity contribution in [2.24, 2.45) is 0 Å². The molecule has 1 N–H and O–H groups in total. The van der Waals surface area contributed by atoms with E-state index in [1.54, 1.807) is 6.07 Å². The van der Waals surface area contributed by atoms with E-state index in [4.69, 9.17) is 0 Å². The molecule has 102 valence electrons. The minimum Gasteiger partial charge on any atom is -0.336 e. The lowest BCUT2D eigenvalue weighted by atomic mass is 10.1. The lowest BCUT2D eigenvalue weighted by Crippen LogP contribution is -2.39. The number of aryl methyl sites for hydroxylation is 2. The maximum absolute atomic E-state index is 12.5. The van der Waals surface area contributed by atoms with Gasteiger partial charge in [0.1, 0.15) is 11.5 Å². The van der Waals surface area contributed by atoms with Gasteiger partial charge in [-0.2, -0.15) is 0 Å². The van der Waals surface area contributed by atoms with Crippen LogP contribution < -0.4 is 5.32 Å². The molecule has 2 bridgehead atoms. The van der Waals surface area contributed by atoms with Crippen LogP contribution in [0.4, 0.5) is 0 Å². The largest absolute Gasteiger partial charge is 0.336 e. The molecule has 19 heavy (non-hydrogen) atoms. The summed E-state index contributed by atoms with van der Waals surface area (Å²) in [6.45, 7) is 5.36. The number of rotatable bonds is 1. The van der Waals surface area contributed by atoms with Crippen LogP contribution in [-0.4, -0.2) is 45.9 Å². The topological polar surface area (TPSA) is 58.1 Å². The number of nitrogens with one attached hydrogen (secondary N) is 1. The molecule has 1 aromatic rings. The van der Waals surface area contributed by atoms with Crippen LogP contribution in [0.3, 0.4) is 0 Å². The number of nitrogens with zero attached hydrogens (tertiary/aromatic N) is 3. The number of amides is 1. The van der Waals surface area contributed by atoms with Crippen molar-refractivity contribution in [3.63, 3.8) is 0 Å². The molecule has 2 aliphatic heterocycles. The second kappa shape index (κ2) is 4.89. The minimum atomic E-state index is 0.0444. The molecule has 0 aliphatic carbocycles. The summed E-state index contributed by atoms with van der Waals surface area (Å²) >= 11 is 0. The molecule has 2 aliphatic rings. The second-order valence-electron chi connectivity index (χ2n) is 5.62. The van der Waals surface area contributed by atoms with Gasteiger partial charge >= 0.3 is 0 Å². The summed E-state index contributed by atoms with van der Waals surface area (Å²) in [5, 5.41) is 3.59. The maximum Gasteiger partial charge on any atom is 0.272 e. The Labute approximate surface area is 113 Å². The molecule has 1 aromatic heterocycles. The summed E-state index contributed by atoms with van der Waals surface area (Å²) < 4.78 is 0. The third-order valence-electron chi connectivity index (χ3n) is 4.00. The highest BCUT2D eigenvalue weighted by Gasteiger charge is 2.31. The molecule has 3 rings (SSSR count). The molecule has 2 saturated heterocycles. The van der Waals surface area contributed by atoms with Gasteiger partial charge in [0.25, 0.3) is 5.91 Å². The van der Waals surface area contributed by atoms with Crippen LogP contribution >= 0.6 is 0 Å². The zero-order chi connectivity index (χ0) is 13.4. The Hall–Kier alpha value is -1.49. The highest BCUT2D eigenvalue weighted by atomic mass is 16.2. The fraction of sp³-hybridized carbons (Fsp3) is 0.643. The fourth-order valence-corrected chi connectivity index (χ4v) is 3.12. The first-order chi connectivity index (χ1) is 9.11. The van der Waals surface area contributed by atoms with E-state index in [2.05, 4.69) is 15.3 Å². The number of aromatic nitrogens is 2. The van der Waals surface area contributed by atoms with Crippen LogP contribution in [0.25, 0.3) is 0 Å². The normalized spacial score (nSPS) is 26.3.